The molecule has 0 unspecified atom stereocenters. The summed E-state index contributed by atoms with van der Waals surface area (Å²) in [6.07, 6.45) is 13.9. The van der Waals surface area contributed by atoms with Crippen molar-refractivity contribution in [3.63, 3.8) is 0 Å². The number of allylic oxidation sites excluding steroid dienone is 1. The highest BCUT2D eigenvalue weighted by molar-refractivity contribution is 5.94. The summed E-state index contributed by atoms with van der Waals surface area (Å²) in [6, 6.07) is 16.3. The minimum atomic E-state index is -1.03. The molecule has 1 N–H and O–H groups in total. The maximum Gasteiger partial charge on any atom is 0.354 e. The number of fused-ring (bicyclic) bond motifs is 1. The third kappa shape index (κ3) is 5.06. The highest BCUT2D eigenvalue weighted by Gasteiger charge is 2.43. The van der Waals surface area contributed by atoms with Gasteiger partial charge in [0, 0.05) is 47.3 Å². The van der Waals surface area contributed by atoms with E-state index in [4.69, 9.17) is 9.26 Å². The van der Waals surface area contributed by atoms with Crippen molar-refractivity contribution in [2.75, 3.05) is 18.0 Å². The topological polar surface area (TPSA) is 88.7 Å². The van der Waals surface area contributed by atoms with E-state index in [1.165, 1.54) is 35.1 Å². The van der Waals surface area contributed by atoms with Gasteiger partial charge in [-0.1, -0.05) is 35.0 Å². The van der Waals surface area contributed by atoms with E-state index in [0.29, 0.717) is 22.6 Å². The Bertz CT molecular complexity index is 1760. The first kappa shape index (κ1) is 27.4. The molecule has 4 aliphatic rings. The first-order valence-corrected chi connectivity index (χ1v) is 16.3. The monoisotopic (exact) mass is 589 g/mol. The van der Waals surface area contributed by atoms with Crippen molar-refractivity contribution in [3.05, 3.63) is 76.7 Å². The molecule has 2 aromatic carbocycles. The fraction of sp³-hybridized carbons (Fsp3) is 0.432. The summed E-state index contributed by atoms with van der Waals surface area (Å²) in [5, 5.41) is 15.1. The highest BCUT2D eigenvalue weighted by atomic mass is 16.5. The lowest BCUT2D eigenvalue weighted by Gasteiger charge is -2.50. The van der Waals surface area contributed by atoms with Crippen molar-refractivity contribution in [2.45, 2.75) is 83.2 Å². The molecule has 1 aliphatic heterocycles. The number of nitrogens with zero attached hydrogens (tertiary/aromatic N) is 3. The molecule has 1 spiro atoms. The van der Waals surface area contributed by atoms with Crippen LogP contribution < -0.4 is 9.64 Å². The Hall–Kier alpha value is -4.13. The molecule has 4 fully saturated rings. The van der Waals surface area contributed by atoms with E-state index in [2.05, 4.69) is 64.4 Å². The number of aromatic nitrogens is 2. The van der Waals surface area contributed by atoms with Crippen LogP contribution >= 0.6 is 0 Å². The number of benzene rings is 2. The number of aryl methyl sites for hydroxylation is 1. The molecule has 3 heterocycles. The van der Waals surface area contributed by atoms with E-state index in [9.17, 15) is 9.90 Å². The maximum absolute atomic E-state index is 11.8. The SMILES string of the molecule is Cc1ccccc1-c1noc(C2CC2)c1C=C1CC2(CCN(c3ccc4nc(C(=O)O)cc(OC5CCCC5)c4c3)CC2)C1. The molecular formula is C37H39N3O4. The molecule has 44 heavy (non-hydrogen) atoms. The molecule has 0 radical (unpaired) electrons. The quantitative estimate of drug-likeness (QED) is 0.231. The van der Waals surface area contributed by atoms with Crippen molar-refractivity contribution in [2.24, 2.45) is 5.41 Å². The van der Waals surface area contributed by atoms with Gasteiger partial charge in [-0.15, -0.1) is 0 Å². The molecule has 3 saturated carbocycles. The molecular weight excluding hydrogens is 550 g/mol. The average Bonchev–Trinajstić information content (AvgIpc) is 3.57. The minimum absolute atomic E-state index is 0.0356. The Morgan fingerprint density at radius 3 is 2.55 bits per heavy atom. The van der Waals surface area contributed by atoms with Gasteiger partial charge in [-0.05, 0) is 106 Å². The van der Waals surface area contributed by atoms with Gasteiger partial charge in [0.25, 0.3) is 0 Å². The predicted octanol–water partition coefficient (Wildman–Crippen LogP) is 8.56. The number of carbonyl (C=O) groups is 1. The van der Waals surface area contributed by atoms with Crippen LogP contribution in [0.4, 0.5) is 5.69 Å². The smallest absolute Gasteiger partial charge is 0.354 e. The van der Waals surface area contributed by atoms with Crippen molar-refractivity contribution < 1.29 is 19.2 Å². The van der Waals surface area contributed by atoms with Gasteiger partial charge in [-0.25, -0.2) is 9.78 Å². The summed E-state index contributed by atoms with van der Waals surface area (Å²) in [6.45, 7) is 4.16. The van der Waals surface area contributed by atoms with Gasteiger partial charge in [0.05, 0.1) is 11.6 Å². The van der Waals surface area contributed by atoms with Crippen LogP contribution in [0.25, 0.3) is 28.2 Å². The third-order valence-corrected chi connectivity index (χ3v) is 10.4. The average molecular weight is 590 g/mol. The molecule has 1 saturated heterocycles. The van der Waals surface area contributed by atoms with Gasteiger partial charge >= 0.3 is 5.97 Å². The zero-order valence-corrected chi connectivity index (χ0v) is 25.3. The van der Waals surface area contributed by atoms with Crippen LogP contribution in [0.1, 0.15) is 97.5 Å². The summed E-state index contributed by atoms with van der Waals surface area (Å²) in [4.78, 5) is 18.6. The Morgan fingerprint density at radius 1 is 1.05 bits per heavy atom. The molecule has 8 rings (SSSR count). The molecule has 4 aromatic rings. The Labute approximate surface area is 257 Å². The van der Waals surface area contributed by atoms with Crippen LogP contribution in [0.5, 0.6) is 5.75 Å². The number of hydrogen-bond donors (Lipinski definition) is 1. The summed E-state index contributed by atoms with van der Waals surface area (Å²) in [5.74, 6) is 1.21. The van der Waals surface area contributed by atoms with E-state index < -0.39 is 5.97 Å². The predicted molar refractivity (Wildman–Crippen MR) is 171 cm³/mol. The Morgan fingerprint density at radius 2 is 1.82 bits per heavy atom. The van der Waals surface area contributed by atoms with E-state index in [1.54, 1.807) is 6.07 Å². The maximum atomic E-state index is 11.8. The number of ether oxygens (including phenoxy) is 1. The first-order chi connectivity index (χ1) is 21.4. The molecule has 2 aromatic heterocycles. The summed E-state index contributed by atoms with van der Waals surface area (Å²) >= 11 is 0. The fourth-order valence-electron chi connectivity index (χ4n) is 7.71. The summed E-state index contributed by atoms with van der Waals surface area (Å²) in [5.41, 5.74) is 8.34. The van der Waals surface area contributed by atoms with Gasteiger partial charge in [0.15, 0.2) is 5.69 Å². The van der Waals surface area contributed by atoms with Gasteiger partial charge in [0.1, 0.15) is 17.2 Å². The van der Waals surface area contributed by atoms with Crippen LogP contribution in [0.3, 0.4) is 0 Å². The molecule has 226 valence electrons. The summed E-state index contributed by atoms with van der Waals surface area (Å²) in [7, 11) is 0. The van der Waals surface area contributed by atoms with Gasteiger partial charge in [0.2, 0.25) is 0 Å². The number of rotatable bonds is 7. The first-order valence-electron chi connectivity index (χ1n) is 16.3. The number of carboxylic acid groups (broad SMARTS) is 1. The molecule has 7 heteroatoms. The van der Waals surface area contributed by atoms with E-state index >= 15 is 0 Å². The summed E-state index contributed by atoms with van der Waals surface area (Å²) < 4.78 is 12.3. The molecule has 0 amide bonds. The van der Waals surface area contributed by atoms with Crippen LogP contribution in [-0.2, 0) is 0 Å². The number of pyridine rings is 1. The van der Waals surface area contributed by atoms with Crippen molar-refractivity contribution in [3.8, 4) is 17.0 Å². The van der Waals surface area contributed by atoms with Gasteiger partial charge in [-0.3, -0.25) is 0 Å². The van der Waals surface area contributed by atoms with Gasteiger partial charge < -0.3 is 19.3 Å². The number of carboxylic acids is 1. The highest BCUT2D eigenvalue weighted by Crippen LogP contribution is 2.54. The number of hydrogen-bond acceptors (Lipinski definition) is 6. The largest absolute Gasteiger partial charge is 0.490 e. The molecule has 0 atom stereocenters. The normalized spacial score (nSPS) is 19.8. The lowest BCUT2D eigenvalue weighted by molar-refractivity contribution is 0.0690. The zero-order chi connectivity index (χ0) is 29.8. The molecule has 0 bridgehead atoms. The van der Waals surface area contributed by atoms with Crippen LogP contribution in [0.15, 0.2) is 58.6 Å². The Balaban J connectivity index is 0.991. The number of anilines is 1. The zero-order valence-electron chi connectivity index (χ0n) is 25.3. The molecule has 3 aliphatic carbocycles. The number of aromatic carboxylic acids is 1. The lowest BCUT2D eigenvalue weighted by Crippen LogP contribution is -2.44. The van der Waals surface area contributed by atoms with Crippen LogP contribution in [0, 0.1) is 12.3 Å². The van der Waals surface area contributed by atoms with E-state index in [-0.39, 0.29) is 11.8 Å². The number of piperidine rings is 1. The van der Waals surface area contributed by atoms with Crippen molar-refractivity contribution >= 4 is 28.6 Å². The van der Waals surface area contributed by atoms with Crippen LogP contribution in [0.2, 0.25) is 0 Å². The third-order valence-electron chi connectivity index (χ3n) is 10.4. The lowest BCUT2D eigenvalue weighted by atomic mass is 9.60. The minimum Gasteiger partial charge on any atom is -0.490 e. The molecule has 7 nitrogen and oxygen atoms in total. The van der Waals surface area contributed by atoms with Crippen molar-refractivity contribution in [1.82, 2.24) is 10.1 Å². The fourth-order valence-corrected chi connectivity index (χ4v) is 7.71. The van der Waals surface area contributed by atoms with Gasteiger partial charge in [-0.2, -0.15) is 0 Å². The van der Waals surface area contributed by atoms with Crippen LogP contribution in [-0.4, -0.2) is 40.4 Å². The standard InChI is InChI=1S/C37H39N3O4/c1-23-6-2-5-9-28(23)34-30(35(44-39-34)25-10-11-25)18-24-21-37(22-24)14-16-40(17-15-37)26-12-13-31-29(19-26)33(20-32(38-31)36(41)42)43-27-7-3-4-8-27/h2,5-6,9,12-13,18-20,25,27H,3-4,7-8,10-11,14-17,21-22H2,1H3,(H,41,42). The second kappa shape index (κ2) is 10.8. The second-order valence-corrected chi connectivity index (χ2v) is 13.6. The second-order valence-electron chi connectivity index (χ2n) is 13.6. The van der Waals surface area contributed by atoms with Crippen molar-refractivity contribution in [1.29, 1.82) is 0 Å². The van der Waals surface area contributed by atoms with E-state index in [0.717, 1.165) is 87.0 Å². The van der Waals surface area contributed by atoms with E-state index in [1.807, 2.05) is 6.07 Å². The Kier molecular flexibility index (Phi) is 6.73.